The monoisotopic (exact) mass is 375 g/mol. The number of carbonyl (C=O) groups is 2. The van der Waals surface area contributed by atoms with Crippen LogP contribution in [-0.2, 0) is 9.59 Å². The summed E-state index contributed by atoms with van der Waals surface area (Å²) in [6.07, 6.45) is 6.92. The van der Waals surface area contributed by atoms with E-state index in [1.54, 1.807) is 0 Å². The summed E-state index contributed by atoms with van der Waals surface area (Å²) in [6, 6.07) is 2.12. The molecule has 0 aromatic carbocycles. The molecular formula is C20H33N5O2. The topological polar surface area (TPSA) is 79.7 Å². The number of nitrogens with one attached hydrogen (secondary N) is 1. The van der Waals surface area contributed by atoms with Crippen molar-refractivity contribution in [1.29, 1.82) is 5.26 Å². The van der Waals surface area contributed by atoms with Gasteiger partial charge in [-0.25, -0.2) is 0 Å². The summed E-state index contributed by atoms with van der Waals surface area (Å²) >= 11 is 0. The molecule has 0 bridgehead atoms. The van der Waals surface area contributed by atoms with Crippen molar-refractivity contribution in [3.8, 4) is 6.07 Å². The lowest BCUT2D eigenvalue weighted by atomic mass is 9.82. The van der Waals surface area contributed by atoms with E-state index in [4.69, 9.17) is 0 Å². The summed E-state index contributed by atoms with van der Waals surface area (Å²) in [5.41, 5.74) is -0.673. The van der Waals surface area contributed by atoms with Crippen molar-refractivity contribution >= 4 is 11.8 Å². The molecule has 0 aromatic heterocycles. The zero-order valence-corrected chi connectivity index (χ0v) is 16.6. The lowest BCUT2D eigenvalue weighted by Crippen LogP contribution is -2.58. The molecule has 0 radical (unpaired) electrons. The molecular weight excluding hydrogens is 342 g/mol. The number of carbonyl (C=O) groups excluding carboxylic acids is 2. The summed E-state index contributed by atoms with van der Waals surface area (Å²) in [5.74, 6) is 0.194. The smallest absolute Gasteiger partial charge is 0.238 e. The molecule has 2 heterocycles. The van der Waals surface area contributed by atoms with E-state index in [9.17, 15) is 14.9 Å². The minimum absolute atomic E-state index is 0.0416. The summed E-state index contributed by atoms with van der Waals surface area (Å²) < 4.78 is 0. The summed E-state index contributed by atoms with van der Waals surface area (Å²) in [7, 11) is 0. The van der Waals surface area contributed by atoms with Gasteiger partial charge < -0.3 is 10.2 Å². The van der Waals surface area contributed by atoms with Crippen molar-refractivity contribution in [2.75, 3.05) is 45.8 Å². The fourth-order valence-corrected chi connectivity index (χ4v) is 4.49. The Morgan fingerprint density at radius 1 is 1.00 bits per heavy atom. The minimum atomic E-state index is -0.673. The fourth-order valence-electron chi connectivity index (χ4n) is 4.49. The van der Waals surface area contributed by atoms with E-state index in [1.165, 1.54) is 0 Å². The second-order valence-electron chi connectivity index (χ2n) is 8.32. The van der Waals surface area contributed by atoms with Crippen LogP contribution in [0.3, 0.4) is 0 Å². The molecule has 1 unspecified atom stereocenters. The third kappa shape index (κ3) is 4.99. The molecule has 1 N–H and O–H groups in total. The predicted molar refractivity (Wildman–Crippen MR) is 103 cm³/mol. The first-order valence-electron chi connectivity index (χ1n) is 10.5. The zero-order valence-electron chi connectivity index (χ0n) is 16.6. The number of amides is 2. The fraction of sp³-hybridized carbons (Fsp3) is 0.850. The molecule has 3 aliphatic rings. The maximum absolute atomic E-state index is 12.7. The van der Waals surface area contributed by atoms with Crippen molar-refractivity contribution in [2.45, 2.75) is 63.5 Å². The van der Waals surface area contributed by atoms with Crippen molar-refractivity contribution in [3.05, 3.63) is 0 Å². The quantitative estimate of drug-likeness (QED) is 0.774. The van der Waals surface area contributed by atoms with Gasteiger partial charge in [0.2, 0.25) is 11.8 Å². The van der Waals surface area contributed by atoms with Crippen molar-refractivity contribution in [3.63, 3.8) is 0 Å². The molecule has 3 rings (SSSR count). The molecule has 0 aromatic rings. The minimum Gasteiger partial charge on any atom is -0.342 e. The summed E-state index contributed by atoms with van der Waals surface area (Å²) in [5, 5.41) is 12.6. The van der Waals surface area contributed by atoms with E-state index in [-0.39, 0.29) is 17.9 Å². The molecule has 2 aliphatic heterocycles. The lowest BCUT2D eigenvalue weighted by molar-refractivity contribution is -0.133. The van der Waals surface area contributed by atoms with Gasteiger partial charge in [-0.15, -0.1) is 0 Å². The van der Waals surface area contributed by atoms with E-state index in [0.29, 0.717) is 6.54 Å². The van der Waals surface area contributed by atoms with Crippen LogP contribution in [0.4, 0.5) is 0 Å². The van der Waals surface area contributed by atoms with Crippen LogP contribution >= 0.6 is 0 Å². The second-order valence-corrected chi connectivity index (χ2v) is 8.32. The van der Waals surface area contributed by atoms with Gasteiger partial charge in [-0.3, -0.25) is 19.4 Å². The van der Waals surface area contributed by atoms with E-state index in [2.05, 4.69) is 21.2 Å². The highest BCUT2D eigenvalue weighted by Gasteiger charge is 2.36. The average Bonchev–Trinajstić information content (AvgIpc) is 3.24. The zero-order chi connectivity index (χ0) is 19.3. The van der Waals surface area contributed by atoms with E-state index < -0.39 is 5.54 Å². The predicted octanol–water partition coefficient (Wildman–Crippen LogP) is 0.958. The van der Waals surface area contributed by atoms with Crippen LogP contribution in [0, 0.1) is 11.3 Å². The van der Waals surface area contributed by atoms with Crippen molar-refractivity contribution in [1.82, 2.24) is 20.0 Å². The Morgan fingerprint density at radius 3 is 2.22 bits per heavy atom. The Bertz CT molecular complexity index is 567. The highest BCUT2D eigenvalue weighted by Crippen LogP contribution is 2.27. The first-order valence-corrected chi connectivity index (χ1v) is 10.5. The number of rotatable bonds is 5. The number of nitriles is 1. The molecule has 0 spiro atoms. The van der Waals surface area contributed by atoms with Crippen LogP contribution in [0.25, 0.3) is 0 Å². The molecule has 7 nitrogen and oxygen atoms in total. The Hall–Kier alpha value is -1.65. The highest BCUT2D eigenvalue weighted by atomic mass is 16.2. The standard InChI is InChI=1S/C20H33N5O2/c1-17(19(27)22-20(16-21)7-3-2-4-8-20)24-13-11-23(12-14-24)15-18(26)25-9-5-6-10-25/h17H,2-15H2,1H3,(H,22,27). The normalized spacial score (nSPS) is 25.0. The molecule has 7 heteroatoms. The van der Waals surface area contributed by atoms with Crippen LogP contribution in [0.15, 0.2) is 0 Å². The van der Waals surface area contributed by atoms with Crippen LogP contribution in [-0.4, -0.2) is 83.9 Å². The summed E-state index contributed by atoms with van der Waals surface area (Å²) in [6.45, 7) is 7.39. The molecule has 3 fully saturated rings. The Balaban J connectivity index is 1.44. The van der Waals surface area contributed by atoms with Gasteiger partial charge in [0.05, 0.1) is 18.7 Å². The molecule has 1 saturated carbocycles. The maximum atomic E-state index is 12.7. The van der Waals surface area contributed by atoms with Gasteiger partial charge in [0.25, 0.3) is 0 Å². The average molecular weight is 376 g/mol. The number of likely N-dealkylation sites (tertiary alicyclic amines) is 1. The van der Waals surface area contributed by atoms with E-state index in [0.717, 1.165) is 84.2 Å². The lowest BCUT2D eigenvalue weighted by Gasteiger charge is -2.39. The first-order chi connectivity index (χ1) is 13.0. The van der Waals surface area contributed by atoms with Crippen molar-refractivity contribution in [2.24, 2.45) is 0 Å². The maximum Gasteiger partial charge on any atom is 0.238 e. The van der Waals surface area contributed by atoms with Gasteiger partial charge in [0.15, 0.2) is 0 Å². The van der Waals surface area contributed by atoms with Gasteiger partial charge in [0.1, 0.15) is 5.54 Å². The van der Waals surface area contributed by atoms with Crippen LogP contribution < -0.4 is 5.32 Å². The third-order valence-electron chi connectivity index (χ3n) is 6.44. The van der Waals surface area contributed by atoms with Gasteiger partial charge in [-0.2, -0.15) is 5.26 Å². The number of piperazine rings is 1. The first kappa shape index (κ1) is 20.1. The molecule has 2 amide bonds. The van der Waals surface area contributed by atoms with Gasteiger partial charge in [0, 0.05) is 39.3 Å². The molecule has 1 aliphatic carbocycles. The highest BCUT2D eigenvalue weighted by molar-refractivity contribution is 5.82. The molecule has 1 atom stereocenters. The summed E-state index contributed by atoms with van der Waals surface area (Å²) in [4.78, 5) is 31.4. The SMILES string of the molecule is CC(C(=O)NC1(C#N)CCCCC1)N1CCN(CC(=O)N2CCCC2)CC1. The van der Waals surface area contributed by atoms with Gasteiger partial charge >= 0.3 is 0 Å². The number of hydrogen-bond donors (Lipinski definition) is 1. The van der Waals surface area contributed by atoms with Crippen LogP contribution in [0.1, 0.15) is 51.9 Å². The molecule has 27 heavy (non-hydrogen) atoms. The Labute approximate surface area is 162 Å². The largest absolute Gasteiger partial charge is 0.342 e. The van der Waals surface area contributed by atoms with Crippen LogP contribution in [0.2, 0.25) is 0 Å². The van der Waals surface area contributed by atoms with Gasteiger partial charge in [-0.05, 0) is 32.6 Å². The number of hydrogen-bond acceptors (Lipinski definition) is 5. The number of nitrogens with zero attached hydrogens (tertiary/aromatic N) is 4. The third-order valence-corrected chi connectivity index (χ3v) is 6.44. The van der Waals surface area contributed by atoms with E-state index >= 15 is 0 Å². The second kappa shape index (κ2) is 9.03. The molecule has 150 valence electrons. The molecule has 2 saturated heterocycles. The Kier molecular flexibility index (Phi) is 6.72. The van der Waals surface area contributed by atoms with Gasteiger partial charge in [-0.1, -0.05) is 19.3 Å². The van der Waals surface area contributed by atoms with E-state index in [1.807, 2.05) is 11.8 Å². The Morgan fingerprint density at radius 2 is 1.63 bits per heavy atom. The van der Waals surface area contributed by atoms with Crippen LogP contribution in [0.5, 0.6) is 0 Å². The van der Waals surface area contributed by atoms with Crippen molar-refractivity contribution < 1.29 is 9.59 Å².